The molecule has 0 bridgehead atoms. The van der Waals surface area contributed by atoms with Crippen LogP contribution in [0.5, 0.6) is 0 Å². The van der Waals surface area contributed by atoms with Crippen molar-refractivity contribution < 1.29 is 0 Å². The minimum Gasteiger partial charge on any atom is -0.233 e. The fourth-order valence-electron chi connectivity index (χ4n) is 1.07. The van der Waals surface area contributed by atoms with Gasteiger partial charge in [-0.25, -0.2) is 4.84 Å². The Morgan fingerprint density at radius 2 is 2.09 bits per heavy atom. The van der Waals surface area contributed by atoms with Gasteiger partial charge in [0, 0.05) is 6.54 Å². The summed E-state index contributed by atoms with van der Waals surface area (Å²) in [6.07, 6.45) is 0.996. The van der Waals surface area contributed by atoms with Crippen molar-refractivity contribution in [2.24, 2.45) is 0 Å². The van der Waals surface area contributed by atoms with Crippen LogP contribution in [0.2, 0.25) is 0 Å². The zero-order valence-electron chi connectivity index (χ0n) is 6.60. The average Bonchev–Trinajstić information content (AvgIpc) is 2.03. The molecule has 11 heavy (non-hydrogen) atoms. The molecular weight excluding hydrogens is 158 g/mol. The highest BCUT2D eigenvalue weighted by Crippen LogP contribution is 2.06. The Labute approximate surface area is 72.5 Å². The highest BCUT2D eigenvalue weighted by Gasteiger charge is 1.94. The summed E-state index contributed by atoms with van der Waals surface area (Å²) in [5.74, 6) is 0. The van der Waals surface area contributed by atoms with Crippen molar-refractivity contribution in [1.82, 2.24) is 4.84 Å². The van der Waals surface area contributed by atoms with E-state index in [1.807, 2.05) is 6.07 Å². The Hall–Kier alpha value is -0.530. The summed E-state index contributed by atoms with van der Waals surface area (Å²) in [4.78, 5) is 2.62. The lowest BCUT2D eigenvalue weighted by Crippen LogP contribution is -2.05. The number of benzene rings is 1. The molecule has 0 atom stereocenters. The molecular formula is C9H12ClN. The number of hydrogen-bond donors (Lipinski definition) is 1. The van der Waals surface area contributed by atoms with Crippen LogP contribution in [0.1, 0.15) is 11.1 Å². The number of hydrogen-bond acceptors (Lipinski definition) is 1. The summed E-state index contributed by atoms with van der Waals surface area (Å²) in [7, 11) is 0. The standard InChI is InChI=1S/C9H12ClN/c1-8-4-2-3-5-9(8)6-7-11-10/h2-5,11H,6-7H2,1H3. The van der Waals surface area contributed by atoms with Gasteiger partial charge in [-0.2, -0.15) is 0 Å². The average molecular weight is 170 g/mol. The van der Waals surface area contributed by atoms with Crippen LogP contribution in [0.3, 0.4) is 0 Å². The van der Waals surface area contributed by atoms with Gasteiger partial charge in [0.05, 0.1) is 0 Å². The lowest BCUT2D eigenvalue weighted by Gasteiger charge is -2.02. The summed E-state index contributed by atoms with van der Waals surface area (Å²) in [6, 6.07) is 8.34. The zero-order chi connectivity index (χ0) is 8.10. The molecule has 1 aromatic rings. The summed E-state index contributed by atoms with van der Waals surface area (Å²) in [6.45, 7) is 2.94. The predicted molar refractivity (Wildman–Crippen MR) is 48.7 cm³/mol. The number of rotatable bonds is 3. The summed E-state index contributed by atoms with van der Waals surface area (Å²) >= 11 is 5.35. The van der Waals surface area contributed by atoms with Gasteiger partial charge < -0.3 is 0 Å². The van der Waals surface area contributed by atoms with Crippen molar-refractivity contribution in [3.05, 3.63) is 35.4 Å². The Morgan fingerprint density at radius 3 is 2.73 bits per heavy atom. The molecule has 0 spiro atoms. The second-order valence-electron chi connectivity index (χ2n) is 2.56. The molecule has 0 amide bonds. The first kappa shape index (κ1) is 8.57. The minimum atomic E-state index is 0.826. The lowest BCUT2D eigenvalue weighted by molar-refractivity contribution is 0.892. The van der Waals surface area contributed by atoms with Gasteiger partial charge in [-0.05, 0) is 36.2 Å². The van der Waals surface area contributed by atoms with Gasteiger partial charge in [-0.1, -0.05) is 24.3 Å². The normalized spacial score (nSPS) is 10.0. The first-order valence-corrected chi connectivity index (χ1v) is 4.10. The van der Waals surface area contributed by atoms with Crippen LogP contribution >= 0.6 is 11.8 Å². The van der Waals surface area contributed by atoms with Crippen molar-refractivity contribution >= 4 is 11.8 Å². The molecule has 0 aliphatic heterocycles. The Kier molecular flexibility index (Phi) is 3.40. The van der Waals surface area contributed by atoms with E-state index in [1.165, 1.54) is 11.1 Å². The monoisotopic (exact) mass is 169 g/mol. The SMILES string of the molecule is Cc1ccccc1CCNCl. The highest BCUT2D eigenvalue weighted by molar-refractivity contribution is 6.13. The van der Waals surface area contributed by atoms with Crippen molar-refractivity contribution in [2.75, 3.05) is 6.54 Å². The molecule has 60 valence electrons. The Balaban J connectivity index is 2.62. The summed E-state index contributed by atoms with van der Waals surface area (Å²) in [5, 5.41) is 0. The smallest absolute Gasteiger partial charge is 0.0148 e. The molecule has 1 aromatic carbocycles. The van der Waals surface area contributed by atoms with Crippen LogP contribution in [0.25, 0.3) is 0 Å². The third-order valence-corrected chi connectivity index (χ3v) is 1.94. The van der Waals surface area contributed by atoms with Crippen molar-refractivity contribution in [3.8, 4) is 0 Å². The third kappa shape index (κ3) is 2.52. The van der Waals surface area contributed by atoms with Crippen LogP contribution < -0.4 is 4.84 Å². The lowest BCUT2D eigenvalue weighted by atomic mass is 10.1. The van der Waals surface area contributed by atoms with Crippen molar-refractivity contribution in [3.63, 3.8) is 0 Å². The molecule has 0 radical (unpaired) electrons. The largest absolute Gasteiger partial charge is 0.233 e. The molecule has 0 unspecified atom stereocenters. The van der Waals surface area contributed by atoms with Crippen LogP contribution in [0.15, 0.2) is 24.3 Å². The van der Waals surface area contributed by atoms with E-state index in [0.717, 1.165) is 13.0 Å². The number of halogens is 1. The molecule has 0 saturated heterocycles. The van der Waals surface area contributed by atoms with Gasteiger partial charge in [0.25, 0.3) is 0 Å². The number of nitrogens with one attached hydrogen (secondary N) is 1. The molecule has 2 heteroatoms. The topological polar surface area (TPSA) is 12.0 Å². The van der Waals surface area contributed by atoms with Crippen molar-refractivity contribution in [1.29, 1.82) is 0 Å². The van der Waals surface area contributed by atoms with E-state index < -0.39 is 0 Å². The molecule has 1 nitrogen and oxygen atoms in total. The Bertz CT molecular complexity index is 223. The van der Waals surface area contributed by atoms with Gasteiger partial charge >= 0.3 is 0 Å². The maximum absolute atomic E-state index is 5.35. The quantitative estimate of drug-likeness (QED) is 0.685. The first-order valence-electron chi connectivity index (χ1n) is 3.72. The molecule has 1 rings (SSSR count). The van der Waals surface area contributed by atoms with Crippen LogP contribution in [0.4, 0.5) is 0 Å². The molecule has 0 aliphatic carbocycles. The van der Waals surface area contributed by atoms with E-state index >= 15 is 0 Å². The molecule has 0 aliphatic rings. The predicted octanol–water partition coefficient (Wildman–Crippen LogP) is 2.28. The fourth-order valence-corrected chi connectivity index (χ4v) is 1.17. The van der Waals surface area contributed by atoms with Gasteiger partial charge in [-0.15, -0.1) is 0 Å². The summed E-state index contributed by atoms with van der Waals surface area (Å²) < 4.78 is 0. The van der Waals surface area contributed by atoms with Gasteiger partial charge in [0.15, 0.2) is 0 Å². The molecule has 0 fully saturated rings. The van der Waals surface area contributed by atoms with E-state index in [1.54, 1.807) is 0 Å². The molecule has 0 aromatic heterocycles. The van der Waals surface area contributed by atoms with Crippen LogP contribution in [-0.2, 0) is 6.42 Å². The number of aryl methyl sites for hydroxylation is 1. The molecule has 0 saturated carbocycles. The van der Waals surface area contributed by atoms with Crippen LogP contribution in [0, 0.1) is 6.92 Å². The second-order valence-corrected chi connectivity index (χ2v) is 2.83. The van der Waals surface area contributed by atoms with E-state index in [4.69, 9.17) is 11.8 Å². The first-order chi connectivity index (χ1) is 5.34. The molecule has 0 heterocycles. The van der Waals surface area contributed by atoms with Gasteiger partial charge in [0.1, 0.15) is 0 Å². The summed E-state index contributed by atoms with van der Waals surface area (Å²) in [5.41, 5.74) is 2.69. The molecule has 1 N–H and O–H groups in total. The van der Waals surface area contributed by atoms with E-state index in [0.29, 0.717) is 0 Å². The third-order valence-electron chi connectivity index (χ3n) is 1.75. The Morgan fingerprint density at radius 1 is 1.36 bits per heavy atom. The van der Waals surface area contributed by atoms with E-state index in [2.05, 4.69) is 30.0 Å². The second kappa shape index (κ2) is 4.37. The van der Waals surface area contributed by atoms with Crippen LogP contribution in [-0.4, -0.2) is 6.54 Å². The maximum atomic E-state index is 5.35. The minimum absolute atomic E-state index is 0.826. The highest BCUT2D eigenvalue weighted by atomic mass is 35.5. The fraction of sp³-hybridized carbons (Fsp3) is 0.333. The van der Waals surface area contributed by atoms with Gasteiger partial charge in [-0.3, -0.25) is 0 Å². The van der Waals surface area contributed by atoms with E-state index in [-0.39, 0.29) is 0 Å². The van der Waals surface area contributed by atoms with E-state index in [9.17, 15) is 0 Å². The van der Waals surface area contributed by atoms with Crippen molar-refractivity contribution in [2.45, 2.75) is 13.3 Å². The van der Waals surface area contributed by atoms with Gasteiger partial charge in [0.2, 0.25) is 0 Å². The maximum Gasteiger partial charge on any atom is 0.0148 e. The zero-order valence-corrected chi connectivity index (χ0v) is 7.36.